The van der Waals surface area contributed by atoms with Crippen molar-refractivity contribution in [3.63, 3.8) is 0 Å². The van der Waals surface area contributed by atoms with Crippen LogP contribution in [0.5, 0.6) is 0 Å². The number of rotatable bonds is 4. The van der Waals surface area contributed by atoms with Gasteiger partial charge in [-0.2, -0.15) is 0 Å². The Hall–Kier alpha value is -1.16. The van der Waals surface area contributed by atoms with Gasteiger partial charge in [-0.05, 0) is 26.7 Å². The molecule has 1 heterocycles. The van der Waals surface area contributed by atoms with Crippen molar-refractivity contribution in [2.45, 2.75) is 46.1 Å². The summed E-state index contributed by atoms with van der Waals surface area (Å²) in [6.07, 6.45) is 1.67. The number of ether oxygens (including phenoxy) is 1. The van der Waals surface area contributed by atoms with Crippen molar-refractivity contribution in [1.29, 1.82) is 0 Å². The van der Waals surface area contributed by atoms with E-state index in [0.717, 1.165) is 24.1 Å². The summed E-state index contributed by atoms with van der Waals surface area (Å²) in [5, 5.41) is 0. The lowest BCUT2D eigenvalue weighted by atomic mass is 10.0. The Bertz CT molecular complexity index is 373. The number of nitrogens with two attached hydrogens (primary N) is 1. The average molecular weight is 223 g/mol. The Kier molecular flexibility index (Phi) is 3.86. The van der Waals surface area contributed by atoms with Crippen LogP contribution in [0.15, 0.2) is 0 Å². The van der Waals surface area contributed by atoms with Crippen LogP contribution < -0.4 is 5.73 Å². The van der Waals surface area contributed by atoms with Crippen molar-refractivity contribution in [2.24, 2.45) is 0 Å². The van der Waals surface area contributed by atoms with E-state index in [9.17, 15) is 0 Å². The third kappa shape index (κ3) is 2.16. The molecule has 0 saturated heterocycles. The van der Waals surface area contributed by atoms with Crippen LogP contribution in [0.1, 0.15) is 44.3 Å². The maximum Gasteiger partial charge on any atom is 0.162 e. The Morgan fingerprint density at radius 3 is 2.38 bits per heavy atom. The number of hydrogen-bond donors (Lipinski definition) is 1. The summed E-state index contributed by atoms with van der Waals surface area (Å²) in [7, 11) is 1.68. The molecule has 0 aliphatic rings. The van der Waals surface area contributed by atoms with E-state index in [2.05, 4.69) is 23.8 Å². The summed E-state index contributed by atoms with van der Waals surface area (Å²) in [6, 6.07) is 0. The van der Waals surface area contributed by atoms with Gasteiger partial charge in [-0.25, -0.2) is 9.97 Å². The molecule has 0 bridgehead atoms. The lowest BCUT2D eigenvalue weighted by molar-refractivity contribution is -0.00904. The maximum atomic E-state index is 5.90. The summed E-state index contributed by atoms with van der Waals surface area (Å²) in [4.78, 5) is 8.89. The van der Waals surface area contributed by atoms with Crippen LogP contribution in [0.2, 0.25) is 0 Å². The number of aryl methyl sites for hydroxylation is 1. The summed E-state index contributed by atoms with van der Waals surface area (Å²) in [5.41, 5.74) is 7.42. The predicted octanol–water partition coefficient (Wildman–Crippen LogP) is 2.20. The largest absolute Gasteiger partial charge is 0.383 e. The molecule has 0 aromatic carbocycles. The Morgan fingerprint density at radius 2 is 1.94 bits per heavy atom. The molecule has 2 N–H and O–H groups in total. The molecule has 0 aliphatic heterocycles. The van der Waals surface area contributed by atoms with E-state index >= 15 is 0 Å². The minimum atomic E-state index is -0.453. The smallest absolute Gasteiger partial charge is 0.162 e. The molecule has 0 aliphatic carbocycles. The Morgan fingerprint density at radius 1 is 1.31 bits per heavy atom. The predicted molar refractivity (Wildman–Crippen MR) is 65.2 cm³/mol. The fraction of sp³-hybridized carbons (Fsp3) is 0.667. The Labute approximate surface area is 97.2 Å². The number of methoxy groups -OCH3 is 1. The Balaban J connectivity index is 3.30. The molecular formula is C12H21N3O. The van der Waals surface area contributed by atoms with Crippen molar-refractivity contribution >= 4 is 5.82 Å². The van der Waals surface area contributed by atoms with E-state index in [1.165, 1.54) is 0 Å². The van der Waals surface area contributed by atoms with Crippen molar-refractivity contribution in [3.05, 3.63) is 17.1 Å². The quantitative estimate of drug-likeness (QED) is 0.850. The third-order valence-corrected chi connectivity index (χ3v) is 3.22. The second kappa shape index (κ2) is 4.78. The average Bonchev–Trinajstić information content (AvgIpc) is 2.31. The van der Waals surface area contributed by atoms with Crippen LogP contribution in [0.4, 0.5) is 5.82 Å². The molecule has 0 radical (unpaired) electrons. The number of hydrogen-bond acceptors (Lipinski definition) is 4. The first-order valence-electron chi connectivity index (χ1n) is 5.67. The van der Waals surface area contributed by atoms with E-state index < -0.39 is 5.60 Å². The molecule has 1 aromatic rings. The number of nitrogens with zero attached hydrogens (tertiary/aromatic N) is 2. The highest BCUT2D eigenvalue weighted by Crippen LogP contribution is 2.27. The highest BCUT2D eigenvalue weighted by Gasteiger charge is 2.28. The van der Waals surface area contributed by atoms with Crippen LogP contribution in [0.25, 0.3) is 0 Å². The fourth-order valence-corrected chi connectivity index (χ4v) is 1.56. The summed E-state index contributed by atoms with van der Waals surface area (Å²) < 4.78 is 5.49. The fourth-order valence-electron chi connectivity index (χ4n) is 1.56. The second-order valence-electron chi connectivity index (χ2n) is 4.15. The van der Waals surface area contributed by atoms with Gasteiger partial charge >= 0.3 is 0 Å². The molecule has 1 aromatic heterocycles. The summed E-state index contributed by atoms with van der Waals surface area (Å²) >= 11 is 0. The van der Waals surface area contributed by atoms with E-state index in [1.807, 2.05) is 13.8 Å². The van der Waals surface area contributed by atoms with E-state index in [4.69, 9.17) is 10.5 Å². The molecule has 0 saturated carbocycles. The number of anilines is 1. The van der Waals surface area contributed by atoms with Gasteiger partial charge in [0, 0.05) is 18.4 Å². The highest BCUT2D eigenvalue weighted by molar-refractivity contribution is 5.41. The normalized spacial score (nSPS) is 14.8. The molecule has 90 valence electrons. The van der Waals surface area contributed by atoms with Gasteiger partial charge < -0.3 is 10.5 Å². The molecule has 4 heteroatoms. The number of aromatic nitrogens is 2. The molecule has 1 rings (SSSR count). The van der Waals surface area contributed by atoms with Gasteiger partial charge in [0.1, 0.15) is 11.4 Å². The molecule has 0 spiro atoms. The zero-order chi connectivity index (χ0) is 12.3. The summed E-state index contributed by atoms with van der Waals surface area (Å²) in [6.45, 7) is 8.05. The van der Waals surface area contributed by atoms with Gasteiger partial charge in [0.2, 0.25) is 0 Å². The van der Waals surface area contributed by atoms with Crippen LogP contribution in [-0.4, -0.2) is 17.1 Å². The minimum absolute atomic E-state index is 0.453. The van der Waals surface area contributed by atoms with Crippen molar-refractivity contribution in [2.75, 3.05) is 12.8 Å². The lowest BCUT2D eigenvalue weighted by Crippen LogP contribution is -2.27. The third-order valence-electron chi connectivity index (χ3n) is 3.22. The molecule has 4 nitrogen and oxygen atoms in total. The number of nitrogen functional groups attached to an aromatic ring is 1. The zero-order valence-electron chi connectivity index (χ0n) is 10.8. The SMILES string of the molecule is CCc1nc(C(C)(CC)OC)nc(N)c1C. The van der Waals surface area contributed by atoms with Gasteiger partial charge in [0.15, 0.2) is 5.82 Å². The standard InChI is InChI=1S/C12H21N3O/c1-6-9-8(3)10(13)15-11(14-9)12(4,7-2)16-5/h6-7H2,1-5H3,(H2,13,14,15). The molecular weight excluding hydrogens is 202 g/mol. The summed E-state index contributed by atoms with van der Waals surface area (Å²) in [5.74, 6) is 1.23. The first kappa shape index (κ1) is 12.9. The van der Waals surface area contributed by atoms with Crippen LogP contribution in [0.3, 0.4) is 0 Å². The first-order valence-corrected chi connectivity index (χ1v) is 5.67. The van der Waals surface area contributed by atoms with E-state index in [-0.39, 0.29) is 0 Å². The van der Waals surface area contributed by atoms with Gasteiger partial charge in [-0.1, -0.05) is 13.8 Å². The van der Waals surface area contributed by atoms with Gasteiger partial charge in [0.25, 0.3) is 0 Å². The van der Waals surface area contributed by atoms with E-state index in [0.29, 0.717) is 11.6 Å². The lowest BCUT2D eigenvalue weighted by Gasteiger charge is -2.25. The van der Waals surface area contributed by atoms with Crippen LogP contribution in [0, 0.1) is 6.92 Å². The zero-order valence-corrected chi connectivity index (χ0v) is 10.8. The molecule has 0 amide bonds. The monoisotopic (exact) mass is 223 g/mol. The van der Waals surface area contributed by atoms with Crippen LogP contribution >= 0.6 is 0 Å². The molecule has 0 fully saturated rings. The van der Waals surface area contributed by atoms with Gasteiger partial charge in [-0.15, -0.1) is 0 Å². The first-order chi connectivity index (χ1) is 7.48. The topological polar surface area (TPSA) is 61.0 Å². The van der Waals surface area contributed by atoms with E-state index in [1.54, 1.807) is 7.11 Å². The second-order valence-corrected chi connectivity index (χ2v) is 4.15. The van der Waals surface area contributed by atoms with Crippen molar-refractivity contribution in [1.82, 2.24) is 9.97 Å². The highest BCUT2D eigenvalue weighted by atomic mass is 16.5. The molecule has 16 heavy (non-hydrogen) atoms. The van der Waals surface area contributed by atoms with Crippen molar-refractivity contribution < 1.29 is 4.74 Å². The van der Waals surface area contributed by atoms with Crippen LogP contribution in [-0.2, 0) is 16.8 Å². The van der Waals surface area contributed by atoms with Gasteiger partial charge in [0.05, 0.1) is 0 Å². The molecule has 1 unspecified atom stereocenters. The molecule has 1 atom stereocenters. The van der Waals surface area contributed by atoms with Crippen molar-refractivity contribution in [3.8, 4) is 0 Å². The minimum Gasteiger partial charge on any atom is -0.383 e. The van der Waals surface area contributed by atoms with Gasteiger partial charge in [-0.3, -0.25) is 0 Å². The maximum absolute atomic E-state index is 5.90.